The maximum atomic E-state index is 13.7. The molecular weight excluding hydrogens is 700 g/mol. The number of rotatable bonds is 12. The molecule has 298 valence electrons. The van der Waals surface area contributed by atoms with E-state index >= 15 is 0 Å². The fourth-order valence-electron chi connectivity index (χ4n) is 7.02. The lowest BCUT2D eigenvalue weighted by molar-refractivity contribution is -0.0518. The molecule has 55 heavy (non-hydrogen) atoms. The van der Waals surface area contributed by atoms with Crippen LogP contribution in [0.25, 0.3) is 0 Å². The number of hydrogen-bond acceptors (Lipinski definition) is 10. The standard InChI is InChI=1S/C43H58N4O8/c1-42(2,3)54-40(49)47-30-37(52-41(50)55-43(4,5)6)38(36(47)26-31-18-20-35(51-7)21-19-31)53-39(48)44-23-22-34-29-45(27-32-14-10-8-11-15-32)24-25-46(34)28-33-16-12-9-13-17-33/h8-21,34,36-38H,22-30H2,1-7H3,(H,44,48)/t34-,36+,37-,38-/m0/s1. The number of carbonyl (C=O) groups excluding carboxylic acids is 3. The summed E-state index contributed by atoms with van der Waals surface area (Å²) in [6.07, 6.45) is -3.24. The number of nitrogens with zero attached hydrogens (tertiary/aromatic N) is 3. The Balaban J connectivity index is 1.31. The third-order valence-corrected chi connectivity index (χ3v) is 9.55. The van der Waals surface area contributed by atoms with Crippen LogP contribution in [0.4, 0.5) is 14.4 Å². The molecule has 2 aliphatic heterocycles. The number of nitrogens with one attached hydrogen (secondary N) is 1. The monoisotopic (exact) mass is 758 g/mol. The van der Waals surface area contributed by atoms with Crippen molar-refractivity contribution in [3.05, 3.63) is 102 Å². The van der Waals surface area contributed by atoms with Gasteiger partial charge in [0.1, 0.15) is 17.0 Å². The molecule has 12 heteroatoms. The Hall–Kier alpha value is -4.81. The summed E-state index contributed by atoms with van der Waals surface area (Å²) in [4.78, 5) is 46.7. The summed E-state index contributed by atoms with van der Waals surface area (Å²) < 4.78 is 28.5. The summed E-state index contributed by atoms with van der Waals surface area (Å²) in [6.45, 7) is 15.2. The van der Waals surface area contributed by atoms with Gasteiger partial charge in [-0.25, -0.2) is 14.4 Å². The van der Waals surface area contributed by atoms with Crippen LogP contribution in [0.2, 0.25) is 0 Å². The van der Waals surface area contributed by atoms with Gasteiger partial charge in [0.15, 0.2) is 12.2 Å². The van der Waals surface area contributed by atoms with Crippen molar-refractivity contribution in [3.8, 4) is 5.75 Å². The molecule has 12 nitrogen and oxygen atoms in total. The number of piperazine rings is 1. The SMILES string of the molecule is COc1ccc(C[C@@H]2[C@H](OC(=O)NCC[C@H]3CN(Cc4ccccc4)CCN3Cc3ccccc3)[C@@H](OC(=O)OC(C)(C)C)CN2C(=O)OC(C)(C)C)cc1. The maximum absolute atomic E-state index is 13.7. The van der Waals surface area contributed by atoms with Gasteiger partial charge in [0.2, 0.25) is 0 Å². The van der Waals surface area contributed by atoms with E-state index in [1.54, 1.807) is 48.7 Å². The second kappa shape index (κ2) is 18.7. The van der Waals surface area contributed by atoms with E-state index in [1.807, 2.05) is 36.4 Å². The predicted molar refractivity (Wildman–Crippen MR) is 210 cm³/mol. The van der Waals surface area contributed by atoms with Gasteiger partial charge in [0.05, 0.1) is 19.7 Å². The normalized spacial score (nSPS) is 20.7. The van der Waals surface area contributed by atoms with Crippen molar-refractivity contribution in [1.82, 2.24) is 20.0 Å². The van der Waals surface area contributed by atoms with Crippen molar-refractivity contribution in [1.29, 1.82) is 0 Å². The molecule has 3 aromatic carbocycles. The molecule has 2 saturated heterocycles. The average molecular weight is 759 g/mol. The molecule has 0 spiro atoms. The number of benzene rings is 3. The Morgan fingerprint density at radius 2 is 1.35 bits per heavy atom. The number of alkyl carbamates (subject to hydrolysis) is 1. The zero-order valence-corrected chi connectivity index (χ0v) is 33.4. The second-order valence-electron chi connectivity index (χ2n) is 16.3. The molecule has 0 radical (unpaired) electrons. The minimum atomic E-state index is -1.02. The Bertz CT molecular complexity index is 1680. The van der Waals surface area contributed by atoms with E-state index in [0.717, 1.165) is 38.3 Å². The van der Waals surface area contributed by atoms with E-state index in [2.05, 4.69) is 63.6 Å². The van der Waals surface area contributed by atoms with Crippen LogP contribution >= 0.6 is 0 Å². The number of ether oxygens (including phenoxy) is 5. The molecule has 0 saturated carbocycles. The molecular formula is C43H58N4O8. The van der Waals surface area contributed by atoms with Gasteiger partial charge in [0, 0.05) is 45.3 Å². The number of hydrogen-bond donors (Lipinski definition) is 1. The van der Waals surface area contributed by atoms with Crippen LogP contribution in [0, 0.1) is 0 Å². The van der Waals surface area contributed by atoms with Gasteiger partial charge >= 0.3 is 18.3 Å². The summed E-state index contributed by atoms with van der Waals surface area (Å²) in [5.41, 5.74) is 1.77. The van der Waals surface area contributed by atoms with Crippen molar-refractivity contribution < 1.29 is 38.1 Å². The van der Waals surface area contributed by atoms with Crippen molar-refractivity contribution in [3.63, 3.8) is 0 Å². The Labute approximate surface area is 326 Å². The van der Waals surface area contributed by atoms with Crippen LogP contribution in [-0.2, 0) is 38.5 Å². The Kier molecular flexibility index (Phi) is 14.0. The first kappa shape index (κ1) is 41.4. The van der Waals surface area contributed by atoms with E-state index < -0.39 is 47.8 Å². The van der Waals surface area contributed by atoms with Gasteiger partial charge in [-0.2, -0.15) is 0 Å². The summed E-state index contributed by atoms with van der Waals surface area (Å²) in [5, 5.41) is 2.97. The molecule has 0 aliphatic carbocycles. The smallest absolute Gasteiger partial charge is 0.497 e. The van der Waals surface area contributed by atoms with Gasteiger partial charge in [-0.3, -0.25) is 14.7 Å². The highest BCUT2D eigenvalue weighted by atomic mass is 16.7. The summed E-state index contributed by atoms with van der Waals surface area (Å²) in [7, 11) is 1.59. The third kappa shape index (κ3) is 12.9. The van der Waals surface area contributed by atoms with Crippen LogP contribution < -0.4 is 10.1 Å². The highest BCUT2D eigenvalue weighted by Gasteiger charge is 2.50. The molecule has 2 amide bonds. The van der Waals surface area contributed by atoms with E-state index in [4.69, 9.17) is 23.7 Å². The minimum absolute atomic E-state index is 0.0549. The van der Waals surface area contributed by atoms with E-state index in [0.29, 0.717) is 25.1 Å². The molecule has 2 heterocycles. The minimum Gasteiger partial charge on any atom is -0.497 e. The lowest BCUT2D eigenvalue weighted by Crippen LogP contribution is -2.53. The van der Waals surface area contributed by atoms with Crippen LogP contribution in [0.3, 0.4) is 0 Å². The predicted octanol–water partition coefficient (Wildman–Crippen LogP) is 7.05. The Morgan fingerprint density at radius 1 is 0.727 bits per heavy atom. The Morgan fingerprint density at radius 3 is 1.95 bits per heavy atom. The molecule has 2 aliphatic rings. The van der Waals surface area contributed by atoms with Crippen LogP contribution in [0.5, 0.6) is 5.75 Å². The van der Waals surface area contributed by atoms with Gasteiger partial charge in [-0.15, -0.1) is 0 Å². The topological polar surface area (TPSA) is 119 Å². The first-order valence-corrected chi connectivity index (χ1v) is 19.2. The zero-order chi connectivity index (χ0) is 39.6. The summed E-state index contributed by atoms with van der Waals surface area (Å²) in [6, 6.07) is 27.8. The molecule has 5 rings (SSSR count). The van der Waals surface area contributed by atoms with Crippen LogP contribution in [0.15, 0.2) is 84.9 Å². The molecule has 1 N–H and O–H groups in total. The van der Waals surface area contributed by atoms with Gasteiger partial charge in [0.25, 0.3) is 0 Å². The highest BCUT2D eigenvalue weighted by molar-refractivity contribution is 5.71. The second-order valence-corrected chi connectivity index (χ2v) is 16.3. The maximum Gasteiger partial charge on any atom is 0.509 e. The highest BCUT2D eigenvalue weighted by Crippen LogP contribution is 2.30. The average Bonchev–Trinajstić information content (AvgIpc) is 3.44. The van der Waals surface area contributed by atoms with Gasteiger partial charge in [-0.05, 0) is 83.2 Å². The largest absolute Gasteiger partial charge is 0.509 e. The number of amides is 2. The van der Waals surface area contributed by atoms with Gasteiger partial charge in [-0.1, -0.05) is 72.8 Å². The van der Waals surface area contributed by atoms with Crippen molar-refractivity contribution in [2.75, 3.05) is 39.8 Å². The van der Waals surface area contributed by atoms with Gasteiger partial charge < -0.3 is 29.0 Å². The molecule has 2 fully saturated rings. The zero-order valence-electron chi connectivity index (χ0n) is 33.4. The number of likely N-dealkylation sites (tertiary alicyclic amines) is 1. The van der Waals surface area contributed by atoms with Crippen LogP contribution in [0.1, 0.15) is 64.7 Å². The first-order valence-electron chi connectivity index (χ1n) is 19.2. The van der Waals surface area contributed by atoms with Crippen molar-refractivity contribution in [2.24, 2.45) is 0 Å². The number of methoxy groups -OCH3 is 1. The molecule has 0 aromatic heterocycles. The van der Waals surface area contributed by atoms with E-state index in [-0.39, 0.29) is 12.6 Å². The summed E-state index contributed by atoms with van der Waals surface area (Å²) in [5.74, 6) is 0.681. The summed E-state index contributed by atoms with van der Waals surface area (Å²) >= 11 is 0. The quantitative estimate of drug-likeness (QED) is 0.152. The lowest BCUT2D eigenvalue weighted by atomic mass is 10.0. The van der Waals surface area contributed by atoms with E-state index in [9.17, 15) is 14.4 Å². The molecule has 0 unspecified atom stereocenters. The van der Waals surface area contributed by atoms with Crippen molar-refractivity contribution in [2.45, 2.75) is 103 Å². The van der Waals surface area contributed by atoms with E-state index in [1.165, 1.54) is 16.0 Å². The molecule has 0 bridgehead atoms. The van der Waals surface area contributed by atoms with Crippen molar-refractivity contribution >= 4 is 18.3 Å². The molecule has 4 atom stereocenters. The molecule has 3 aromatic rings. The first-order chi connectivity index (χ1) is 26.2. The fourth-order valence-corrected chi connectivity index (χ4v) is 7.02. The van der Waals surface area contributed by atoms with Crippen LogP contribution in [-0.4, -0.2) is 108 Å². The lowest BCUT2D eigenvalue weighted by Gasteiger charge is -2.41. The third-order valence-electron chi connectivity index (χ3n) is 9.55. The number of carbonyl (C=O) groups is 3. The fraction of sp³-hybridized carbons (Fsp3) is 0.512.